The number of methoxy groups -OCH3 is 1. The third-order valence-corrected chi connectivity index (χ3v) is 12.8. The van der Waals surface area contributed by atoms with Crippen molar-refractivity contribution in [2.45, 2.75) is 133 Å². The Morgan fingerprint density at radius 3 is 2.20 bits per heavy atom. The van der Waals surface area contributed by atoms with Crippen LogP contribution in [0.15, 0.2) is 18.2 Å². The molecule has 358 valence electrons. The highest BCUT2D eigenvalue weighted by Gasteiger charge is 2.59. The summed E-state index contributed by atoms with van der Waals surface area (Å²) in [5.41, 5.74) is -3.31. The van der Waals surface area contributed by atoms with Gasteiger partial charge in [-0.15, -0.1) is 0 Å². The molecular formula is C43H62Cl2F3N7O9. The number of aliphatic hydroxyl groups is 1. The van der Waals surface area contributed by atoms with Gasteiger partial charge in [0, 0.05) is 57.8 Å². The molecular weight excluding hydrogens is 886 g/mol. The van der Waals surface area contributed by atoms with E-state index in [4.69, 9.17) is 27.9 Å². The molecule has 1 aliphatic carbocycles. The number of likely N-dealkylation sites (tertiary alicyclic amines) is 1. The molecule has 16 nitrogen and oxygen atoms in total. The zero-order chi connectivity index (χ0) is 47.8. The van der Waals surface area contributed by atoms with Crippen LogP contribution >= 0.6 is 23.2 Å². The lowest BCUT2D eigenvalue weighted by Crippen LogP contribution is -2.61. The quantitative estimate of drug-likeness (QED) is 0.230. The average molecular weight is 949 g/mol. The summed E-state index contributed by atoms with van der Waals surface area (Å²) in [5.74, 6) is -5.86. The molecule has 0 bridgehead atoms. The van der Waals surface area contributed by atoms with Gasteiger partial charge in [0.1, 0.15) is 36.3 Å². The second-order valence-electron chi connectivity index (χ2n) is 17.8. The first-order valence-electron chi connectivity index (χ1n) is 21.6. The molecule has 7 atom stereocenters. The van der Waals surface area contributed by atoms with E-state index in [-0.39, 0.29) is 75.1 Å². The van der Waals surface area contributed by atoms with Gasteiger partial charge in [0.2, 0.25) is 41.0 Å². The summed E-state index contributed by atoms with van der Waals surface area (Å²) >= 11 is 12.8. The Kier molecular flexibility index (Phi) is 18.3. The Morgan fingerprint density at radius 2 is 1.59 bits per heavy atom. The van der Waals surface area contributed by atoms with Crippen molar-refractivity contribution in [2.75, 3.05) is 47.9 Å². The van der Waals surface area contributed by atoms with Crippen LogP contribution in [0.3, 0.4) is 0 Å². The summed E-state index contributed by atoms with van der Waals surface area (Å²) in [6.07, 6.45) is -2.76. The third-order valence-electron chi connectivity index (χ3n) is 12.2. The molecule has 64 heavy (non-hydrogen) atoms. The van der Waals surface area contributed by atoms with Crippen molar-refractivity contribution in [3.05, 3.63) is 33.8 Å². The molecule has 2 saturated heterocycles. The number of alkyl halides is 3. The van der Waals surface area contributed by atoms with Crippen LogP contribution in [0.5, 0.6) is 0 Å². The maximum absolute atomic E-state index is 14.6. The number of amides is 7. The predicted octanol–water partition coefficient (Wildman–Crippen LogP) is 3.08. The van der Waals surface area contributed by atoms with Crippen LogP contribution in [0, 0.1) is 11.8 Å². The predicted molar refractivity (Wildman–Crippen MR) is 231 cm³/mol. The van der Waals surface area contributed by atoms with Crippen LogP contribution in [0.25, 0.3) is 0 Å². The van der Waals surface area contributed by atoms with E-state index in [9.17, 15) is 51.8 Å². The Labute approximate surface area is 382 Å². The molecule has 0 spiro atoms. The van der Waals surface area contributed by atoms with Crippen LogP contribution in [-0.4, -0.2) is 162 Å². The SMILES string of the molecule is COC[C@H]1NC(=O)[C@H](Cc2cc(Cl)ccc2Cl)N(C)C(=O)[C@H](CC(C)C)NC(=O)[C@@H](N(C)C(=O)[C@H](CC2CC2)NC(=O)[C@@H]2CCCN2C(=O)[C@@](C)(O)C(F)(F)F)CCCCN(C)C1=O. The van der Waals surface area contributed by atoms with Gasteiger partial charge in [0.25, 0.3) is 5.91 Å². The van der Waals surface area contributed by atoms with Crippen molar-refractivity contribution >= 4 is 64.6 Å². The van der Waals surface area contributed by atoms with Gasteiger partial charge >= 0.3 is 6.18 Å². The number of carbonyl (C=O) groups excluding carboxylic acids is 7. The lowest BCUT2D eigenvalue weighted by molar-refractivity contribution is -0.250. The number of halogens is 5. The molecule has 0 aromatic heterocycles. The van der Waals surface area contributed by atoms with E-state index in [1.165, 1.54) is 35.9 Å². The minimum absolute atomic E-state index is 0.00570. The number of carbonyl (C=O) groups is 7. The minimum Gasteiger partial charge on any atom is -0.382 e. The van der Waals surface area contributed by atoms with Crippen molar-refractivity contribution in [1.82, 2.24) is 35.6 Å². The van der Waals surface area contributed by atoms with Gasteiger partial charge in [-0.25, -0.2) is 0 Å². The summed E-state index contributed by atoms with van der Waals surface area (Å²) in [5, 5.41) is 19.0. The molecule has 21 heteroatoms. The fraction of sp³-hybridized carbons (Fsp3) is 0.698. The number of hydrogen-bond acceptors (Lipinski definition) is 9. The first kappa shape index (κ1) is 52.4. The van der Waals surface area contributed by atoms with Gasteiger partial charge in [0.15, 0.2) is 0 Å². The molecule has 1 aromatic rings. The third kappa shape index (κ3) is 13.2. The zero-order valence-electron chi connectivity index (χ0n) is 37.4. The van der Waals surface area contributed by atoms with Crippen molar-refractivity contribution in [3.63, 3.8) is 0 Å². The van der Waals surface area contributed by atoms with E-state index < -0.39 is 89.4 Å². The van der Waals surface area contributed by atoms with Gasteiger partial charge in [-0.1, -0.05) is 49.9 Å². The second kappa shape index (κ2) is 22.3. The highest BCUT2D eigenvalue weighted by atomic mass is 35.5. The van der Waals surface area contributed by atoms with Crippen molar-refractivity contribution in [2.24, 2.45) is 11.8 Å². The lowest BCUT2D eigenvalue weighted by Gasteiger charge is -2.36. The molecule has 3 fully saturated rings. The number of likely N-dealkylation sites (N-methyl/N-ethyl adjacent to an activating group) is 3. The van der Waals surface area contributed by atoms with Crippen LogP contribution in [0.2, 0.25) is 10.0 Å². The van der Waals surface area contributed by atoms with Crippen LogP contribution < -0.4 is 16.0 Å². The normalized spacial score (nSPS) is 24.8. The van der Waals surface area contributed by atoms with Gasteiger partial charge in [-0.2, -0.15) is 13.2 Å². The zero-order valence-corrected chi connectivity index (χ0v) is 38.9. The molecule has 0 radical (unpaired) electrons. The van der Waals surface area contributed by atoms with Crippen LogP contribution in [0.1, 0.15) is 84.1 Å². The molecule has 4 N–H and O–H groups in total. The summed E-state index contributed by atoms with van der Waals surface area (Å²) in [6, 6.07) is -2.77. The summed E-state index contributed by atoms with van der Waals surface area (Å²) in [7, 11) is 5.70. The van der Waals surface area contributed by atoms with Crippen molar-refractivity contribution in [1.29, 1.82) is 0 Å². The van der Waals surface area contributed by atoms with Crippen LogP contribution in [-0.2, 0) is 44.7 Å². The number of rotatable bonds is 13. The number of nitrogens with zero attached hydrogens (tertiary/aromatic N) is 4. The first-order valence-corrected chi connectivity index (χ1v) is 22.4. The standard InChI is InChI=1S/C43H62Cl2F3N7O9/c1-24(2)19-29-39(60)54(6)34(22-26-21-27(44)15-16-28(26)45)37(58)51-31(23-64-7)38(59)52(4)17-9-8-11-32(35(56)49-29)53(5)40(61)30(20-25-13-14-25)50-36(57)33-12-10-18-55(33)41(62)42(3,63)43(46,47)48/h15-16,21,24-25,29-34,63H,8-14,17-20,22-23H2,1-7H3,(H,49,56)(H,50,57)(H,51,58)/t29-,30-,31+,32-,33-,34-,42+/m0/s1. The van der Waals surface area contributed by atoms with E-state index in [1.54, 1.807) is 25.2 Å². The van der Waals surface area contributed by atoms with Gasteiger partial charge in [-0.3, -0.25) is 33.6 Å². The molecule has 3 aliphatic rings. The largest absolute Gasteiger partial charge is 0.426 e. The summed E-state index contributed by atoms with van der Waals surface area (Å²) in [4.78, 5) is 103. The molecule has 1 saturated carbocycles. The molecule has 2 aliphatic heterocycles. The summed E-state index contributed by atoms with van der Waals surface area (Å²) in [6.45, 7) is 3.80. The average Bonchev–Trinajstić information content (AvgIpc) is 3.91. The van der Waals surface area contributed by atoms with Gasteiger partial charge in [-0.05, 0) is 87.5 Å². The summed E-state index contributed by atoms with van der Waals surface area (Å²) < 4.78 is 46.2. The molecule has 2 heterocycles. The van der Waals surface area contributed by atoms with E-state index in [0.29, 0.717) is 35.3 Å². The lowest BCUT2D eigenvalue weighted by atomic mass is 9.98. The fourth-order valence-electron chi connectivity index (χ4n) is 8.11. The Balaban J connectivity index is 1.68. The van der Waals surface area contributed by atoms with E-state index in [2.05, 4.69) is 16.0 Å². The topological polar surface area (TPSA) is 198 Å². The maximum atomic E-state index is 14.6. The van der Waals surface area contributed by atoms with E-state index in [1.807, 2.05) is 13.8 Å². The first-order chi connectivity index (χ1) is 29.9. The minimum atomic E-state index is -5.31. The molecule has 4 rings (SSSR count). The van der Waals surface area contributed by atoms with Gasteiger partial charge in [0.05, 0.1) is 6.61 Å². The Morgan fingerprint density at radius 1 is 0.938 bits per heavy atom. The van der Waals surface area contributed by atoms with E-state index in [0.717, 1.165) is 12.8 Å². The number of ether oxygens (including phenoxy) is 1. The number of hydrogen-bond donors (Lipinski definition) is 4. The molecule has 0 unspecified atom stereocenters. The Bertz CT molecular complexity index is 1890. The second-order valence-corrected chi connectivity index (χ2v) is 18.6. The molecule has 7 amide bonds. The number of benzene rings is 1. The van der Waals surface area contributed by atoms with E-state index >= 15 is 0 Å². The smallest absolute Gasteiger partial charge is 0.382 e. The Hall–Kier alpha value is -4.20. The van der Waals surface area contributed by atoms with Crippen molar-refractivity contribution in [3.8, 4) is 0 Å². The van der Waals surface area contributed by atoms with Gasteiger partial charge < -0.3 is 45.4 Å². The van der Waals surface area contributed by atoms with Crippen molar-refractivity contribution < 1.29 is 56.6 Å². The van der Waals surface area contributed by atoms with Crippen LogP contribution in [0.4, 0.5) is 13.2 Å². The monoisotopic (exact) mass is 947 g/mol. The molecule has 1 aromatic carbocycles. The maximum Gasteiger partial charge on any atom is 0.426 e. The highest BCUT2D eigenvalue weighted by Crippen LogP contribution is 2.36. The number of nitrogens with one attached hydrogen (secondary N) is 3. The fourth-order valence-corrected chi connectivity index (χ4v) is 8.49. The highest BCUT2D eigenvalue weighted by molar-refractivity contribution is 6.33.